The van der Waals surface area contributed by atoms with Crippen LogP contribution in [0.3, 0.4) is 0 Å². The Bertz CT molecular complexity index is 1530. The molecule has 0 heterocycles. The largest absolute Gasteiger partial charge is 0.490 e. The van der Waals surface area contributed by atoms with Gasteiger partial charge in [0.15, 0.2) is 0 Å². The molecule has 8 heteroatoms. The van der Waals surface area contributed by atoms with E-state index in [2.05, 4.69) is 56.5 Å². The van der Waals surface area contributed by atoms with E-state index in [0.717, 1.165) is 28.4 Å². The zero-order chi connectivity index (χ0) is 35.7. The lowest BCUT2D eigenvalue weighted by atomic mass is 9.75. The lowest BCUT2D eigenvalue weighted by Gasteiger charge is -2.30. The molecule has 50 heavy (non-hydrogen) atoms. The SMILES string of the molecule is C=C(COC)C(=O)OCCOc1ccc(-c2ccc(-c3ccc(OCCOC(=O)C(=C)COC)cc3C3CCC(CCCC)CC3)cc2)cc1. The molecule has 1 aliphatic carbocycles. The summed E-state index contributed by atoms with van der Waals surface area (Å²) in [6, 6.07) is 22.9. The zero-order valence-electron chi connectivity index (χ0n) is 29.9. The summed E-state index contributed by atoms with van der Waals surface area (Å²) in [5.74, 6) is 1.79. The van der Waals surface area contributed by atoms with E-state index in [0.29, 0.717) is 11.7 Å². The fraction of sp³-hybridized carbons (Fsp3) is 0.429. The van der Waals surface area contributed by atoms with Crippen molar-refractivity contribution >= 4 is 11.9 Å². The first-order valence-corrected chi connectivity index (χ1v) is 17.6. The maximum absolute atomic E-state index is 12.0. The molecule has 3 aromatic carbocycles. The van der Waals surface area contributed by atoms with Gasteiger partial charge in [-0.25, -0.2) is 9.59 Å². The predicted octanol–water partition coefficient (Wildman–Crippen LogP) is 8.73. The summed E-state index contributed by atoms with van der Waals surface area (Å²) in [7, 11) is 3.02. The highest BCUT2D eigenvalue weighted by Gasteiger charge is 2.25. The third kappa shape index (κ3) is 11.6. The van der Waals surface area contributed by atoms with Crippen LogP contribution in [0.2, 0.25) is 0 Å². The van der Waals surface area contributed by atoms with Crippen molar-refractivity contribution in [3.05, 3.63) is 96.6 Å². The molecule has 0 N–H and O–H groups in total. The highest BCUT2D eigenvalue weighted by molar-refractivity contribution is 5.88. The summed E-state index contributed by atoms with van der Waals surface area (Å²) >= 11 is 0. The van der Waals surface area contributed by atoms with Crippen molar-refractivity contribution in [3.8, 4) is 33.8 Å². The smallest absolute Gasteiger partial charge is 0.335 e. The number of ether oxygens (including phenoxy) is 6. The molecule has 1 aliphatic rings. The Morgan fingerprint density at radius 2 is 1.16 bits per heavy atom. The van der Waals surface area contributed by atoms with E-state index >= 15 is 0 Å². The molecule has 0 amide bonds. The van der Waals surface area contributed by atoms with Crippen LogP contribution >= 0.6 is 0 Å². The van der Waals surface area contributed by atoms with Crippen molar-refractivity contribution in [1.29, 1.82) is 0 Å². The maximum Gasteiger partial charge on any atom is 0.335 e. The summed E-state index contributed by atoms with van der Waals surface area (Å²) in [5.41, 5.74) is 6.43. The number of unbranched alkanes of at least 4 members (excludes halogenated alkanes) is 1. The third-order valence-electron chi connectivity index (χ3n) is 9.04. The fourth-order valence-corrected chi connectivity index (χ4v) is 6.33. The first-order valence-electron chi connectivity index (χ1n) is 17.6. The fourth-order valence-electron chi connectivity index (χ4n) is 6.33. The zero-order valence-corrected chi connectivity index (χ0v) is 29.9. The molecule has 268 valence electrons. The average molecular weight is 685 g/mol. The van der Waals surface area contributed by atoms with E-state index in [1.54, 1.807) is 0 Å². The van der Waals surface area contributed by atoms with Gasteiger partial charge in [0.2, 0.25) is 0 Å². The summed E-state index contributed by atoms with van der Waals surface area (Å²) in [6.45, 7) is 10.6. The number of carbonyl (C=O) groups is 2. The first-order chi connectivity index (χ1) is 24.3. The van der Waals surface area contributed by atoms with Crippen LogP contribution < -0.4 is 9.47 Å². The van der Waals surface area contributed by atoms with Gasteiger partial charge in [0.05, 0.1) is 24.4 Å². The van der Waals surface area contributed by atoms with Gasteiger partial charge in [0, 0.05) is 14.2 Å². The van der Waals surface area contributed by atoms with Gasteiger partial charge in [0.1, 0.15) is 37.9 Å². The van der Waals surface area contributed by atoms with E-state index < -0.39 is 11.9 Å². The van der Waals surface area contributed by atoms with Crippen molar-refractivity contribution in [2.45, 2.75) is 57.8 Å². The monoisotopic (exact) mass is 684 g/mol. The lowest BCUT2D eigenvalue weighted by Crippen LogP contribution is -2.16. The van der Waals surface area contributed by atoms with Crippen LogP contribution in [0.1, 0.15) is 63.4 Å². The van der Waals surface area contributed by atoms with E-state index in [1.165, 1.54) is 70.3 Å². The minimum absolute atomic E-state index is 0.126. The molecule has 0 spiro atoms. The lowest BCUT2D eigenvalue weighted by molar-refractivity contribution is -0.141. The molecule has 0 bridgehead atoms. The van der Waals surface area contributed by atoms with E-state index in [-0.39, 0.29) is 50.8 Å². The number of carbonyl (C=O) groups excluding carboxylic acids is 2. The molecule has 0 aromatic heterocycles. The molecule has 0 saturated heterocycles. The quantitative estimate of drug-likeness (QED) is 0.0663. The molecule has 4 rings (SSSR count). The Balaban J connectivity index is 1.41. The highest BCUT2D eigenvalue weighted by Crippen LogP contribution is 2.43. The first kappa shape index (κ1) is 38.4. The van der Waals surface area contributed by atoms with Gasteiger partial charge in [0.25, 0.3) is 0 Å². The highest BCUT2D eigenvalue weighted by atomic mass is 16.6. The molecule has 0 unspecified atom stereocenters. The minimum atomic E-state index is -0.485. The Morgan fingerprint density at radius 1 is 0.660 bits per heavy atom. The molecular formula is C42H52O8. The Labute approximate surface area is 297 Å². The molecule has 1 fully saturated rings. The Morgan fingerprint density at radius 3 is 1.70 bits per heavy atom. The van der Waals surface area contributed by atoms with Crippen LogP contribution in [0.5, 0.6) is 11.5 Å². The number of esters is 2. The van der Waals surface area contributed by atoms with E-state index in [1.807, 2.05) is 30.3 Å². The second kappa shape index (κ2) is 20.3. The van der Waals surface area contributed by atoms with Gasteiger partial charge in [-0.2, -0.15) is 0 Å². The summed E-state index contributed by atoms with van der Waals surface area (Å²) < 4.78 is 32.1. The van der Waals surface area contributed by atoms with Crippen molar-refractivity contribution in [2.75, 3.05) is 53.9 Å². The van der Waals surface area contributed by atoms with E-state index in [4.69, 9.17) is 28.4 Å². The van der Waals surface area contributed by atoms with Crippen molar-refractivity contribution in [2.24, 2.45) is 5.92 Å². The third-order valence-corrected chi connectivity index (χ3v) is 9.04. The summed E-state index contributed by atoms with van der Waals surface area (Å²) in [6.07, 6.45) is 8.72. The molecule has 0 atom stereocenters. The number of rotatable bonds is 20. The second-order valence-electron chi connectivity index (χ2n) is 12.8. The summed E-state index contributed by atoms with van der Waals surface area (Å²) in [5, 5.41) is 0. The standard InChI is InChI=1S/C42H52O8/c1-6-7-8-32-9-11-36(12-10-32)40-27-38(48-24-26-50-42(44)31(3)29-46-5)21-22-39(40)35-15-13-33(14-16-35)34-17-19-37(20-18-34)47-23-25-49-41(43)30(2)28-45-4/h13-22,27,32,36H,2-3,6-12,23-26,28-29H2,1,4-5H3. The van der Waals surface area contributed by atoms with Crippen molar-refractivity contribution in [3.63, 3.8) is 0 Å². The molecule has 8 nitrogen and oxygen atoms in total. The van der Waals surface area contributed by atoms with E-state index in [9.17, 15) is 9.59 Å². The van der Waals surface area contributed by atoms with Gasteiger partial charge in [-0.3, -0.25) is 0 Å². The van der Waals surface area contributed by atoms with Gasteiger partial charge in [-0.1, -0.05) is 81.8 Å². The predicted molar refractivity (Wildman–Crippen MR) is 196 cm³/mol. The molecule has 0 aliphatic heterocycles. The van der Waals surface area contributed by atoms with Crippen molar-refractivity contribution < 1.29 is 38.0 Å². The van der Waals surface area contributed by atoms with Crippen LogP contribution in [-0.4, -0.2) is 65.8 Å². The maximum atomic E-state index is 12.0. The van der Waals surface area contributed by atoms with Crippen LogP contribution in [0.15, 0.2) is 91.0 Å². The normalized spacial score (nSPS) is 15.6. The minimum Gasteiger partial charge on any atom is -0.490 e. The average Bonchev–Trinajstić information content (AvgIpc) is 3.14. The van der Waals surface area contributed by atoms with Crippen LogP contribution in [0.4, 0.5) is 0 Å². The summed E-state index contributed by atoms with van der Waals surface area (Å²) in [4.78, 5) is 23.9. The molecule has 0 radical (unpaired) electrons. The molecule has 1 saturated carbocycles. The van der Waals surface area contributed by atoms with Crippen LogP contribution in [-0.2, 0) is 28.5 Å². The van der Waals surface area contributed by atoms with Gasteiger partial charge in [-0.15, -0.1) is 0 Å². The Hall–Kier alpha value is -4.40. The topological polar surface area (TPSA) is 89.5 Å². The number of benzene rings is 3. The van der Waals surface area contributed by atoms with Gasteiger partial charge < -0.3 is 28.4 Å². The second-order valence-corrected chi connectivity index (χ2v) is 12.8. The molecule has 3 aromatic rings. The van der Waals surface area contributed by atoms with Crippen LogP contribution in [0.25, 0.3) is 22.3 Å². The van der Waals surface area contributed by atoms with Gasteiger partial charge in [-0.05, 0) is 89.6 Å². The number of methoxy groups -OCH3 is 2. The Kier molecular flexibility index (Phi) is 15.6. The van der Waals surface area contributed by atoms with Crippen molar-refractivity contribution in [1.82, 2.24) is 0 Å². The number of hydrogen-bond acceptors (Lipinski definition) is 8. The number of hydrogen-bond donors (Lipinski definition) is 0. The van der Waals surface area contributed by atoms with Gasteiger partial charge >= 0.3 is 11.9 Å². The molecular weight excluding hydrogens is 632 g/mol. The van der Waals surface area contributed by atoms with Crippen LogP contribution in [0, 0.1) is 5.92 Å².